The Kier molecular flexibility index (Phi) is 3.81. The van der Waals surface area contributed by atoms with E-state index in [0.29, 0.717) is 6.42 Å². The predicted octanol–water partition coefficient (Wildman–Crippen LogP) is 2.71. The third-order valence-electron chi connectivity index (χ3n) is 2.93. The lowest BCUT2D eigenvalue weighted by Crippen LogP contribution is -2.27. The summed E-state index contributed by atoms with van der Waals surface area (Å²) in [4.78, 5) is 13.2. The first-order chi connectivity index (χ1) is 7.74. The Morgan fingerprint density at radius 3 is 2.41 bits per heavy atom. The fourth-order valence-electron chi connectivity index (χ4n) is 1.84. The highest BCUT2D eigenvalue weighted by Gasteiger charge is 2.28. The van der Waals surface area contributed by atoms with Crippen LogP contribution in [-0.4, -0.2) is 25.2 Å². The van der Waals surface area contributed by atoms with Crippen molar-refractivity contribution >= 4 is 11.7 Å². The fourth-order valence-corrected chi connectivity index (χ4v) is 1.84. The molecule has 94 valence electrons. The zero-order chi connectivity index (χ0) is 13.2. The summed E-state index contributed by atoms with van der Waals surface area (Å²) in [7, 11) is 3.95. The van der Waals surface area contributed by atoms with Crippen molar-refractivity contribution < 1.29 is 9.90 Å². The van der Waals surface area contributed by atoms with Crippen LogP contribution in [-0.2, 0) is 11.2 Å². The third kappa shape index (κ3) is 3.22. The molecule has 0 saturated heterocycles. The lowest BCUT2D eigenvalue weighted by Gasteiger charge is -2.24. The second-order valence-corrected chi connectivity index (χ2v) is 5.39. The first-order valence-corrected chi connectivity index (χ1v) is 5.74. The number of anilines is 1. The summed E-state index contributed by atoms with van der Waals surface area (Å²) in [5, 5.41) is 9.19. The van der Waals surface area contributed by atoms with Crippen LogP contribution < -0.4 is 4.90 Å². The van der Waals surface area contributed by atoms with Crippen LogP contribution in [0, 0.1) is 12.3 Å². The lowest BCUT2D eigenvalue weighted by atomic mass is 9.85. The Balaban J connectivity index is 3.12. The van der Waals surface area contributed by atoms with E-state index in [0.717, 1.165) is 16.8 Å². The number of carbonyl (C=O) groups is 1. The zero-order valence-corrected chi connectivity index (χ0v) is 11.2. The first-order valence-electron chi connectivity index (χ1n) is 5.74. The molecule has 1 rings (SSSR count). The number of aryl methyl sites for hydroxylation is 1. The van der Waals surface area contributed by atoms with Crippen LogP contribution in [0.1, 0.15) is 25.0 Å². The fraction of sp³-hybridized carbons (Fsp3) is 0.500. The molecule has 0 saturated carbocycles. The average molecular weight is 235 g/mol. The summed E-state index contributed by atoms with van der Waals surface area (Å²) < 4.78 is 0. The highest BCUT2D eigenvalue weighted by molar-refractivity contribution is 5.74. The van der Waals surface area contributed by atoms with E-state index >= 15 is 0 Å². The molecule has 1 aromatic rings. The van der Waals surface area contributed by atoms with Crippen molar-refractivity contribution in [3.05, 3.63) is 29.3 Å². The lowest BCUT2D eigenvalue weighted by molar-refractivity contribution is -0.146. The number of hydrogen-bond acceptors (Lipinski definition) is 2. The Labute approximate surface area is 103 Å². The summed E-state index contributed by atoms with van der Waals surface area (Å²) in [5.41, 5.74) is 2.59. The van der Waals surface area contributed by atoms with E-state index in [-0.39, 0.29) is 0 Å². The summed E-state index contributed by atoms with van der Waals surface area (Å²) in [6.45, 7) is 5.55. The number of benzene rings is 1. The Hall–Kier alpha value is -1.51. The maximum absolute atomic E-state index is 11.2. The zero-order valence-electron chi connectivity index (χ0n) is 11.2. The normalized spacial score (nSPS) is 11.4. The van der Waals surface area contributed by atoms with Crippen molar-refractivity contribution in [2.45, 2.75) is 27.2 Å². The van der Waals surface area contributed by atoms with Gasteiger partial charge in [-0.25, -0.2) is 0 Å². The summed E-state index contributed by atoms with van der Waals surface area (Å²) >= 11 is 0. The first kappa shape index (κ1) is 13.6. The second kappa shape index (κ2) is 4.78. The van der Waals surface area contributed by atoms with E-state index in [1.807, 2.05) is 38.1 Å². The van der Waals surface area contributed by atoms with E-state index in [4.69, 9.17) is 0 Å². The number of aliphatic carboxylic acids is 1. The molecule has 1 N–H and O–H groups in total. The van der Waals surface area contributed by atoms with Gasteiger partial charge in [-0.15, -0.1) is 0 Å². The van der Waals surface area contributed by atoms with Gasteiger partial charge in [-0.2, -0.15) is 0 Å². The van der Waals surface area contributed by atoms with Crippen LogP contribution in [0.5, 0.6) is 0 Å². The Morgan fingerprint density at radius 2 is 1.94 bits per heavy atom. The minimum Gasteiger partial charge on any atom is -0.481 e. The van der Waals surface area contributed by atoms with Crippen LogP contribution in [0.15, 0.2) is 18.2 Å². The van der Waals surface area contributed by atoms with E-state index in [1.54, 1.807) is 13.8 Å². The molecule has 0 aromatic heterocycles. The molecule has 0 aliphatic heterocycles. The molecule has 0 bridgehead atoms. The molecule has 3 heteroatoms. The highest BCUT2D eigenvalue weighted by atomic mass is 16.4. The van der Waals surface area contributed by atoms with Gasteiger partial charge in [0.1, 0.15) is 0 Å². The molecule has 0 radical (unpaired) electrons. The predicted molar refractivity (Wildman–Crippen MR) is 70.6 cm³/mol. The van der Waals surface area contributed by atoms with Gasteiger partial charge in [0, 0.05) is 19.8 Å². The molecule has 0 spiro atoms. The average Bonchev–Trinajstić information content (AvgIpc) is 2.15. The molecule has 17 heavy (non-hydrogen) atoms. The van der Waals surface area contributed by atoms with E-state index < -0.39 is 11.4 Å². The molecule has 0 aliphatic rings. The van der Waals surface area contributed by atoms with Crippen molar-refractivity contribution in [3.63, 3.8) is 0 Å². The maximum Gasteiger partial charge on any atom is 0.309 e. The van der Waals surface area contributed by atoms with Gasteiger partial charge < -0.3 is 10.0 Å². The molecule has 0 atom stereocenters. The quantitative estimate of drug-likeness (QED) is 0.872. The largest absolute Gasteiger partial charge is 0.481 e. The highest BCUT2D eigenvalue weighted by Crippen LogP contribution is 2.28. The van der Waals surface area contributed by atoms with Gasteiger partial charge in [-0.3, -0.25) is 4.79 Å². The molecule has 0 fully saturated rings. The van der Waals surface area contributed by atoms with Crippen LogP contribution in [0.2, 0.25) is 0 Å². The van der Waals surface area contributed by atoms with Crippen LogP contribution in [0.3, 0.4) is 0 Å². The minimum absolute atomic E-state index is 0.539. The standard InChI is InChI=1S/C14H21NO2/c1-10-6-7-12(15(4)5)11(8-10)9-14(2,3)13(16)17/h6-8H,9H2,1-5H3,(H,16,17). The van der Waals surface area contributed by atoms with Crippen LogP contribution in [0.4, 0.5) is 5.69 Å². The molecule has 0 heterocycles. The van der Waals surface area contributed by atoms with Crippen molar-refractivity contribution in [1.29, 1.82) is 0 Å². The molecular weight excluding hydrogens is 214 g/mol. The van der Waals surface area contributed by atoms with Crippen molar-refractivity contribution in [2.75, 3.05) is 19.0 Å². The van der Waals surface area contributed by atoms with Gasteiger partial charge >= 0.3 is 5.97 Å². The molecule has 3 nitrogen and oxygen atoms in total. The number of nitrogens with zero attached hydrogens (tertiary/aromatic N) is 1. The smallest absolute Gasteiger partial charge is 0.309 e. The van der Waals surface area contributed by atoms with Crippen molar-refractivity contribution in [1.82, 2.24) is 0 Å². The monoisotopic (exact) mass is 235 g/mol. The van der Waals surface area contributed by atoms with Crippen LogP contribution >= 0.6 is 0 Å². The van der Waals surface area contributed by atoms with Gasteiger partial charge in [0.2, 0.25) is 0 Å². The summed E-state index contributed by atoms with van der Waals surface area (Å²) in [6.07, 6.45) is 0.539. The molecule has 0 amide bonds. The van der Waals surface area contributed by atoms with Crippen LogP contribution in [0.25, 0.3) is 0 Å². The van der Waals surface area contributed by atoms with E-state index in [1.165, 1.54) is 0 Å². The number of rotatable bonds is 4. The molecule has 1 aromatic carbocycles. The summed E-state index contributed by atoms with van der Waals surface area (Å²) in [5.74, 6) is -0.760. The van der Waals surface area contributed by atoms with Gasteiger partial charge in [0.15, 0.2) is 0 Å². The maximum atomic E-state index is 11.2. The number of carboxylic acids is 1. The van der Waals surface area contributed by atoms with Gasteiger partial charge in [0.05, 0.1) is 5.41 Å². The van der Waals surface area contributed by atoms with E-state index in [9.17, 15) is 9.90 Å². The van der Waals surface area contributed by atoms with Gasteiger partial charge in [0.25, 0.3) is 0 Å². The summed E-state index contributed by atoms with van der Waals surface area (Å²) in [6, 6.07) is 6.16. The van der Waals surface area contributed by atoms with Crippen molar-refractivity contribution in [3.8, 4) is 0 Å². The topological polar surface area (TPSA) is 40.5 Å². The Bertz CT molecular complexity index is 422. The third-order valence-corrected chi connectivity index (χ3v) is 2.93. The SMILES string of the molecule is Cc1ccc(N(C)C)c(CC(C)(C)C(=O)O)c1. The second-order valence-electron chi connectivity index (χ2n) is 5.39. The molecule has 0 aliphatic carbocycles. The van der Waals surface area contributed by atoms with Crippen molar-refractivity contribution in [2.24, 2.45) is 5.41 Å². The minimum atomic E-state index is -0.760. The number of hydrogen-bond donors (Lipinski definition) is 1. The number of carboxylic acid groups (broad SMARTS) is 1. The van der Waals surface area contributed by atoms with E-state index in [2.05, 4.69) is 6.07 Å². The Morgan fingerprint density at radius 1 is 1.35 bits per heavy atom. The molecule has 0 unspecified atom stereocenters. The van der Waals surface area contributed by atoms with Gasteiger partial charge in [-0.05, 0) is 38.8 Å². The van der Waals surface area contributed by atoms with Gasteiger partial charge in [-0.1, -0.05) is 17.7 Å². The molecular formula is C14H21NO2.